The first-order valence-electron chi connectivity index (χ1n) is 19.6. The standard InChI is InChI=1S/C44H57N3O7/c1-25-34-20-31(44(34,5)6)21-35(25)46-42(51)38-37(26(2)49)36(24-48)54-47(38)23-28-14-11-15-32(39(28)52-7)29-18-30-22-43(3,4)53-40(30)33(19-29)41(50)45-17-16-27-12-9-8-10-13-27/h8-15,18-19,25-26,31,34-38,48-49H,16-17,20-24H2,1-7H3,(H,45,50)(H,46,51)/t25-,26-,31+,34+,35-,36-,37-,38-/m0/s1. The van der Waals surface area contributed by atoms with E-state index in [4.69, 9.17) is 14.3 Å². The molecule has 10 heteroatoms. The number of nitrogens with one attached hydrogen (secondary N) is 2. The van der Waals surface area contributed by atoms with E-state index < -0.39 is 29.8 Å². The predicted octanol–water partition coefficient (Wildman–Crippen LogP) is 5.71. The fraction of sp³-hybridized carbons (Fsp3) is 0.545. The lowest BCUT2D eigenvalue weighted by molar-refractivity contribution is -0.183. The first kappa shape index (κ1) is 38.3. The number of carbonyl (C=O) groups is 2. The largest absolute Gasteiger partial charge is 0.496 e. The lowest BCUT2D eigenvalue weighted by Gasteiger charge is -2.62. The zero-order chi connectivity index (χ0) is 38.5. The van der Waals surface area contributed by atoms with Crippen LogP contribution in [0.2, 0.25) is 0 Å². The molecule has 4 N–H and O–H groups in total. The van der Waals surface area contributed by atoms with E-state index in [9.17, 15) is 19.8 Å². The van der Waals surface area contributed by atoms with E-state index in [1.165, 1.54) is 6.42 Å². The second-order valence-electron chi connectivity index (χ2n) is 17.3. The summed E-state index contributed by atoms with van der Waals surface area (Å²) in [6.45, 7) is 12.9. The predicted molar refractivity (Wildman–Crippen MR) is 207 cm³/mol. The maximum absolute atomic E-state index is 14.3. The van der Waals surface area contributed by atoms with Crippen LogP contribution < -0.4 is 20.1 Å². The van der Waals surface area contributed by atoms with Crippen LogP contribution in [0.25, 0.3) is 11.1 Å². The molecule has 290 valence electrons. The molecule has 3 aromatic rings. The van der Waals surface area contributed by atoms with Gasteiger partial charge in [-0.05, 0) is 92.0 Å². The van der Waals surface area contributed by atoms with Gasteiger partial charge in [0.2, 0.25) is 5.91 Å². The Kier molecular flexibility index (Phi) is 10.6. The third-order valence-electron chi connectivity index (χ3n) is 12.9. The van der Waals surface area contributed by atoms with Gasteiger partial charge in [0, 0.05) is 36.1 Å². The summed E-state index contributed by atoms with van der Waals surface area (Å²) in [5.41, 5.74) is 4.72. The van der Waals surface area contributed by atoms with Crippen LogP contribution in [0.5, 0.6) is 11.5 Å². The monoisotopic (exact) mass is 739 g/mol. The average Bonchev–Trinajstić information content (AvgIpc) is 3.67. The molecule has 8 rings (SSSR count). The van der Waals surface area contributed by atoms with Crippen LogP contribution in [0, 0.1) is 29.1 Å². The summed E-state index contributed by atoms with van der Waals surface area (Å²) < 4.78 is 12.4. The maximum atomic E-state index is 14.3. The normalized spacial score (nSPS) is 28.4. The van der Waals surface area contributed by atoms with Gasteiger partial charge in [-0.15, -0.1) is 0 Å². The van der Waals surface area contributed by atoms with E-state index in [1.807, 2.05) is 68.4 Å². The van der Waals surface area contributed by atoms with E-state index in [-0.39, 0.29) is 36.4 Å². The highest BCUT2D eigenvalue weighted by molar-refractivity contribution is 5.99. The van der Waals surface area contributed by atoms with E-state index in [2.05, 4.69) is 37.5 Å². The van der Waals surface area contributed by atoms with E-state index >= 15 is 0 Å². The molecule has 3 aromatic carbocycles. The summed E-state index contributed by atoms with van der Waals surface area (Å²) in [5.74, 6) is 1.59. The van der Waals surface area contributed by atoms with E-state index in [0.717, 1.165) is 34.2 Å². The van der Waals surface area contributed by atoms with Gasteiger partial charge in [0.15, 0.2) is 0 Å². The molecule has 0 unspecified atom stereocenters. The Morgan fingerprint density at radius 3 is 2.48 bits per heavy atom. The fourth-order valence-corrected chi connectivity index (χ4v) is 9.93. The van der Waals surface area contributed by atoms with Gasteiger partial charge in [0.1, 0.15) is 29.2 Å². The summed E-state index contributed by atoms with van der Waals surface area (Å²) in [7, 11) is 1.61. The number of carbonyl (C=O) groups excluding carboxylic acids is 2. The highest BCUT2D eigenvalue weighted by atomic mass is 16.7. The molecular weight excluding hydrogens is 682 g/mol. The molecular formula is C44H57N3O7. The molecule has 4 fully saturated rings. The van der Waals surface area contributed by atoms with Crippen molar-refractivity contribution in [2.24, 2.45) is 29.1 Å². The SMILES string of the molecule is COc1c(CN2O[C@@H](CO)[C@H]([C@H](C)O)[C@H]2C(=O)N[C@H]2C[C@H]3C[C@H]([C@@H]2C)C3(C)C)cccc1-c1cc2c(c(C(=O)NCCc3ccccc3)c1)OC(C)(C)C2. The van der Waals surface area contributed by atoms with Crippen LogP contribution in [-0.4, -0.2) is 77.2 Å². The van der Waals surface area contributed by atoms with Crippen molar-refractivity contribution in [1.82, 2.24) is 15.7 Å². The zero-order valence-electron chi connectivity index (χ0n) is 32.7. The van der Waals surface area contributed by atoms with Crippen molar-refractivity contribution in [1.29, 1.82) is 0 Å². The summed E-state index contributed by atoms with van der Waals surface area (Å²) in [6.07, 6.45) is 1.83. The van der Waals surface area contributed by atoms with Gasteiger partial charge in [0.05, 0.1) is 31.9 Å². The van der Waals surface area contributed by atoms with Gasteiger partial charge >= 0.3 is 0 Å². The Bertz CT molecular complexity index is 1860. The minimum absolute atomic E-state index is 0.0373. The molecule has 1 saturated heterocycles. The van der Waals surface area contributed by atoms with Crippen LogP contribution >= 0.6 is 0 Å². The lowest BCUT2D eigenvalue weighted by atomic mass is 9.45. The molecule has 8 atom stereocenters. The topological polar surface area (TPSA) is 130 Å². The quantitative estimate of drug-likeness (QED) is 0.186. The molecule has 3 aliphatic carbocycles. The summed E-state index contributed by atoms with van der Waals surface area (Å²) in [4.78, 5) is 34.3. The Labute approximate surface area is 319 Å². The van der Waals surface area contributed by atoms with E-state index in [0.29, 0.717) is 54.2 Å². The number of para-hydroxylation sites is 1. The number of fused-ring (bicyclic) bond motifs is 3. The molecule has 2 aliphatic heterocycles. The van der Waals surface area contributed by atoms with Gasteiger partial charge < -0.3 is 30.3 Å². The Morgan fingerprint density at radius 2 is 1.81 bits per heavy atom. The third-order valence-corrected chi connectivity index (χ3v) is 12.9. The minimum Gasteiger partial charge on any atom is -0.496 e. The second-order valence-corrected chi connectivity index (χ2v) is 17.3. The molecule has 0 spiro atoms. The van der Waals surface area contributed by atoms with Crippen LogP contribution in [-0.2, 0) is 29.0 Å². The van der Waals surface area contributed by atoms with Crippen LogP contribution in [0.1, 0.15) is 81.4 Å². The summed E-state index contributed by atoms with van der Waals surface area (Å²) >= 11 is 0. The average molecular weight is 740 g/mol. The number of methoxy groups -OCH3 is 1. The summed E-state index contributed by atoms with van der Waals surface area (Å²) in [5, 5.41) is 29.4. The molecule has 2 amide bonds. The number of ether oxygens (including phenoxy) is 2. The van der Waals surface area contributed by atoms with Crippen LogP contribution in [0.4, 0.5) is 0 Å². The molecule has 54 heavy (non-hydrogen) atoms. The van der Waals surface area contributed by atoms with Crippen molar-refractivity contribution in [3.05, 3.63) is 82.9 Å². The first-order chi connectivity index (χ1) is 25.7. The van der Waals surface area contributed by atoms with Gasteiger partial charge in [-0.2, -0.15) is 5.06 Å². The summed E-state index contributed by atoms with van der Waals surface area (Å²) in [6, 6.07) is 19.0. The fourth-order valence-electron chi connectivity index (χ4n) is 9.93. The number of benzene rings is 3. The van der Waals surface area contributed by atoms with Gasteiger partial charge in [-0.3, -0.25) is 14.4 Å². The van der Waals surface area contributed by atoms with Crippen LogP contribution in [0.15, 0.2) is 60.7 Å². The van der Waals surface area contributed by atoms with Crippen LogP contribution in [0.3, 0.4) is 0 Å². The Morgan fingerprint density at radius 1 is 1.06 bits per heavy atom. The number of aliphatic hydroxyl groups is 2. The van der Waals surface area contributed by atoms with Crippen molar-refractivity contribution < 1.29 is 34.1 Å². The van der Waals surface area contributed by atoms with Crippen molar-refractivity contribution >= 4 is 11.8 Å². The first-order valence-corrected chi connectivity index (χ1v) is 19.6. The third kappa shape index (κ3) is 7.14. The van der Waals surface area contributed by atoms with Gasteiger partial charge in [-0.1, -0.05) is 69.3 Å². The number of rotatable bonds is 12. The van der Waals surface area contributed by atoms with Gasteiger partial charge in [-0.25, -0.2) is 0 Å². The lowest BCUT2D eigenvalue weighted by Crippen LogP contribution is -2.62. The van der Waals surface area contributed by atoms with Crippen molar-refractivity contribution in [3.8, 4) is 22.6 Å². The molecule has 2 heterocycles. The highest BCUT2D eigenvalue weighted by Gasteiger charge is 2.57. The number of amides is 2. The number of aliphatic hydroxyl groups excluding tert-OH is 2. The van der Waals surface area contributed by atoms with Crippen molar-refractivity contribution in [2.45, 2.75) is 104 Å². The molecule has 3 saturated carbocycles. The number of hydrogen-bond donors (Lipinski definition) is 4. The zero-order valence-corrected chi connectivity index (χ0v) is 32.7. The minimum atomic E-state index is -0.901. The number of hydroxylamine groups is 2. The molecule has 2 bridgehead atoms. The van der Waals surface area contributed by atoms with Crippen molar-refractivity contribution in [2.75, 3.05) is 20.3 Å². The number of hydrogen-bond acceptors (Lipinski definition) is 8. The molecule has 5 aliphatic rings. The molecule has 0 aromatic heterocycles. The van der Waals surface area contributed by atoms with E-state index in [1.54, 1.807) is 19.1 Å². The number of nitrogens with zero attached hydrogens (tertiary/aromatic N) is 1. The maximum Gasteiger partial charge on any atom is 0.255 e. The highest BCUT2D eigenvalue weighted by Crippen LogP contribution is 2.61. The Hall–Kier alpha value is -3.96. The Balaban J connectivity index is 1.17. The van der Waals surface area contributed by atoms with Crippen molar-refractivity contribution in [3.63, 3.8) is 0 Å². The molecule has 10 nitrogen and oxygen atoms in total. The smallest absolute Gasteiger partial charge is 0.255 e. The second kappa shape index (κ2) is 14.9. The van der Waals surface area contributed by atoms with Gasteiger partial charge in [0.25, 0.3) is 5.91 Å². The molecule has 0 radical (unpaired) electrons.